The molecule has 1 aromatic heterocycles. The number of benzene rings is 1. The molecule has 2 heterocycles. The van der Waals surface area contributed by atoms with Crippen LogP contribution in [0.2, 0.25) is 0 Å². The Hall–Kier alpha value is -2.36. The number of pyridine rings is 1. The molecule has 0 fully saturated rings. The van der Waals surface area contributed by atoms with Crippen molar-refractivity contribution in [2.75, 3.05) is 6.54 Å². The number of aliphatic imine (C=N–C) groups is 1. The van der Waals surface area contributed by atoms with Crippen molar-refractivity contribution >= 4 is 5.96 Å². The van der Waals surface area contributed by atoms with Crippen LogP contribution in [0, 0.1) is 0 Å². The molecule has 0 amide bonds. The summed E-state index contributed by atoms with van der Waals surface area (Å²) in [6.45, 7) is 0.777. The summed E-state index contributed by atoms with van der Waals surface area (Å²) in [4.78, 5) is 8.61. The van der Waals surface area contributed by atoms with Gasteiger partial charge in [0.25, 0.3) is 0 Å². The number of aryl methyl sites for hydroxylation is 1. The molecule has 1 atom stereocenters. The quantitative estimate of drug-likeness (QED) is 0.837. The summed E-state index contributed by atoms with van der Waals surface area (Å²) in [6.07, 6.45) is 6.87. The van der Waals surface area contributed by atoms with Crippen LogP contribution in [0.25, 0.3) is 11.1 Å². The Morgan fingerprint density at radius 1 is 1.19 bits per heavy atom. The third kappa shape index (κ3) is 2.07. The molecule has 4 nitrogen and oxygen atoms in total. The number of nitrogens with zero attached hydrogens (tertiary/aromatic N) is 2. The number of nitrogens with two attached hydrogens (primary N) is 1. The van der Waals surface area contributed by atoms with Crippen LogP contribution in [-0.4, -0.2) is 23.0 Å². The highest BCUT2D eigenvalue weighted by atomic mass is 15.2. The molecule has 0 radical (unpaired) electrons. The fourth-order valence-corrected chi connectivity index (χ4v) is 3.50. The predicted octanol–water partition coefficient (Wildman–Crippen LogP) is 1.89. The van der Waals surface area contributed by atoms with Crippen LogP contribution in [0.15, 0.2) is 47.7 Å². The van der Waals surface area contributed by atoms with Gasteiger partial charge in [-0.2, -0.15) is 0 Å². The Kier molecular flexibility index (Phi) is 2.70. The summed E-state index contributed by atoms with van der Waals surface area (Å²) in [5.41, 5.74) is 11.2. The Labute approximate surface area is 124 Å². The molecular formula is C17H18N4. The van der Waals surface area contributed by atoms with Crippen LogP contribution >= 0.6 is 0 Å². The maximum absolute atomic E-state index is 5.84. The Morgan fingerprint density at radius 2 is 2.14 bits per heavy atom. The van der Waals surface area contributed by atoms with Gasteiger partial charge in [-0.1, -0.05) is 24.3 Å². The van der Waals surface area contributed by atoms with Crippen molar-refractivity contribution in [1.29, 1.82) is 0 Å². The lowest BCUT2D eigenvalue weighted by Gasteiger charge is -2.35. The van der Waals surface area contributed by atoms with Gasteiger partial charge in [0.2, 0.25) is 0 Å². The SMILES string of the molecule is NC1=NCC2(CCc3cccc(-c4cccnc4)c3C2)N1. The molecular weight excluding hydrogens is 260 g/mol. The normalized spacial score (nSPS) is 23.5. The van der Waals surface area contributed by atoms with Gasteiger partial charge >= 0.3 is 0 Å². The fourth-order valence-electron chi connectivity index (χ4n) is 3.50. The summed E-state index contributed by atoms with van der Waals surface area (Å²) in [5.74, 6) is 0.581. The van der Waals surface area contributed by atoms with E-state index in [1.54, 1.807) is 0 Å². The Bertz CT molecular complexity index is 708. The molecule has 2 aliphatic rings. The van der Waals surface area contributed by atoms with E-state index in [9.17, 15) is 0 Å². The number of guanidine groups is 1. The Balaban J connectivity index is 1.77. The van der Waals surface area contributed by atoms with E-state index >= 15 is 0 Å². The molecule has 4 heteroatoms. The van der Waals surface area contributed by atoms with Gasteiger partial charge < -0.3 is 11.1 Å². The van der Waals surface area contributed by atoms with E-state index in [4.69, 9.17) is 5.73 Å². The standard InChI is InChI=1S/C17H18N4/c18-16-20-11-17(21-16)7-6-12-3-1-5-14(15(12)9-17)13-4-2-8-19-10-13/h1-5,8,10H,6-7,9,11H2,(H3,18,20,21). The van der Waals surface area contributed by atoms with E-state index < -0.39 is 0 Å². The second-order valence-corrected chi connectivity index (χ2v) is 5.97. The van der Waals surface area contributed by atoms with Crippen molar-refractivity contribution in [3.05, 3.63) is 53.9 Å². The molecule has 2 aromatic rings. The van der Waals surface area contributed by atoms with Crippen molar-refractivity contribution in [2.24, 2.45) is 10.7 Å². The van der Waals surface area contributed by atoms with Crippen molar-refractivity contribution in [1.82, 2.24) is 10.3 Å². The van der Waals surface area contributed by atoms with Gasteiger partial charge in [0.05, 0.1) is 12.1 Å². The fraction of sp³-hybridized carbons (Fsp3) is 0.294. The third-order valence-electron chi connectivity index (χ3n) is 4.58. The summed E-state index contributed by atoms with van der Waals surface area (Å²) < 4.78 is 0. The van der Waals surface area contributed by atoms with Crippen molar-refractivity contribution in [3.63, 3.8) is 0 Å². The highest BCUT2D eigenvalue weighted by Gasteiger charge is 2.38. The lowest BCUT2D eigenvalue weighted by Crippen LogP contribution is -2.51. The first-order chi connectivity index (χ1) is 10.3. The van der Waals surface area contributed by atoms with Crippen LogP contribution in [0.5, 0.6) is 0 Å². The third-order valence-corrected chi connectivity index (χ3v) is 4.58. The molecule has 1 spiro atoms. The van der Waals surface area contributed by atoms with Gasteiger partial charge in [0.1, 0.15) is 0 Å². The molecule has 0 saturated heterocycles. The van der Waals surface area contributed by atoms with Crippen molar-refractivity contribution < 1.29 is 0 Å². The van der Waals surface area contributed by atoms with Gasteiger partial charge in [0.15, 0.2) is 5.96 Å². The van der Waals surface area contributed by atoms with Crippen molar-refractivity contribution in [3.8, 4) is 11.1 Å². The van der Waals surface area contributed by atoms with Crippen LogP contribution in [0.4, 0.5) is 0 Å². The number of hydrogen-bond acceptors (Lipinski definition) is 4. The molecule has 21 heavy (non-hydrogen) atoms. The molecule has 106 valence electrons. The van der Waals surface area contributed by atoms with Crippen LogP contribution in [0.1, 0.15) is 17.5 Å². The zero-order chi connectivity index (χ0) is 14.3. The van der Waals surface area contributed by atoms with E-state index in [-0.39, 0.29) is 5.54 Å². The number of rotatable bonds is 1. The molecule has 0 bridgehead atoms. The van der Waals surface area contributed by atoms with E-state index in [0.29, 0.717) is 5.96 Å². The molecule has 1 aromatic carbocycles. The molecule has 3 N–H and O–H groups in total. The minimum absolute atomic E-state index is 0.00932. The number of hydrogen-bond donors (Lipinski definition) is 2. The van der Waals surface area contributed by atoms with Gasteiger partial charge in [-0.05, 0) is 42.0 Å². The summed E-state index contributed by atoms with van der Waals surface area (Å²) in [5, 5.41) is 3.40. The maximum atomic E-state index is 5.84. The first-order valence-corrected chi connectivity index (χ1v) is 7.35. The first kappa shape index (κ1) is 12.4. The van der Waals surface area contributed by atoms with Crippen molar-refractivity contribution in [2.45, 2.75) is 24.8 Å². The average molecular weight is 278 g/mol. The zero-order valence-electron chi connectivity index (χ0n) is 11.8. The van der Waals surface area contributed by atoms with Gasteiger partial charge in [-0.25, -0.2) is 0 Å². The second kappa shape index (κ2) is 4.58. The van der Waals surface area contributed by atoms with E-state index in [2.05, 4.69) is 39.6 Å². The second-order valence-electron chi connectivity index (χ2n) is 5.97. The van der Waals surface area contributed by atoms with E-state index in [0.717, 1.165) is 25.8 Å². The first-order valence-electron chi connectivity index (χ1n) is 7.35. The van der Waals surface area contributed by atoms with Crippen LogP contribution in [-0.2, 0) is 12.8 Å². The molecule has 1 aliphatic carbocycles. The lowest BCUT2D eigenvalue weighted by atomic mass is 9.76. The molecule has 0 saturated carbocycles. The lowest BCUT2D eigenvalue weighted by molar-refractivity contribution is 0.362. The van der Waals surface area contributed by atoms with Crippen LogP contribution in [0.3, 0.4) is 0 Å². The minimum atomic E-state index is 0.00932. The summed E-state index contributed by atoms with van der Waals surface area (Å²) in [6, 6.07) is 10.7. The average Bonchev–Trinajstić information content (AvgIpc) is 2.88. The zero-order valence-corrected chi connectivity index (χ0v) is 11.8. The molecule has 1 aliphatic heterocycles. The van der Waals surface area contributed by atoms with Gasteiger partial charge in [-0.15, -0.1) is 0 Å². The number of nitrogens with one attached hydrogen (secondary N) is 1. The van der Waals surface area contributed by atoms with E-state index in [1.807, 2.05) is 18.5 Å². The minimum Gasteiger partial charge on any atom is -0.370 e. The van der Waals surface area contributed by atoms with Crippen LogP contribution < -0.4 is 11.1 Å². The topological polar surface area (TPSA) is 63.3 Å². The highest BCUT2D eigenvalue weighted by molar-refractivity contribution is 5.81. The monoisotopic (exact) mass is 278 g/mol. The maximum Gasteiger partial charge on any atom is 0.189 e. The molecule has 1 unspecified atom stereocenters. The highest BCUT2D eigenvalue weighted by Crippen LogP contribution is 2.36. The number of fused-ring (bicyclic) bond motifs is 1. The smallest absolute Gasteiger partial charge is 0.189 e. The predicted molar refractivity (Wildman–Crippen MR) is 84.1 cm³/mol. The summed E-state index contributed by atoms with van der Waals surface area (Å²) >= 11 is 0. The molecule has 4 rings (SSSR count). The number of aromatic nitrogens is 1. The Morgan fingerprint density at radius 3 is 2.90 bits per heavy atom. The van der Waals surface area contributed by atoms with Gasteiger partial charge in [-0.3, -0.25) is 9.98 Å². The summed E-state index contributed by atoms with van der Waals surface area (Å²) in [7, 11) is 0. The van der Waals surface area contributed by atoms with Gasteiger partial charge in [0, 0.05) is 18.0 Å². The largest absolute Gasteiger partial charge is 0.370 e. The van der Waals surface area contributed by atoms with E-state index in [1.165, 1.54) is 22.3 Å².